The fourth-order valence-electron chi connectivity index (χ4n) is 1.10. The molecule has 1 heterocycles. The largest absolute Gasteiger partial charge is 0.368 e. The fraction of sp³-hybridized carbons (Fsp3) is 0.333. The van der Waals surface area contributed by atoms with Gasteiger partial charge in [0.1, 0.15) is 5.54 Å². The molecule has 1 rings (SSSR count). The van der Waals surface area contributed by atoms with E-state index in [1.54, 1.807) is 38.5 Å². The molecule has 0 saturated carbocycles. The number of nitrogens with one attached hydrogen (secondary N) is 1. The number of carbonyl (C=O) groups is 1. The number of nitrogens with zero attached hydrogens (tertiary/aromatic N) is 1. The number of primary amides is 1. The molecule has 0 fully saturated rings. The van der Waals surface area contributed by atoms with Crippen molar-refractivity contribution in [1.29, 1.82) is 0 Å². The van der Waals surface area contributed by atoms with Gasteiger partial charge >= 0.3 is 0 Å². The van der Waals surface area contributed by atoms with Crippen molar-refractivity contribution in [2.45, 2.75) is 12.5 Å². The average molecular weight is 252 g/mol. The van der Waals surface area contributed by atoms with E-state index in [0.29, 0.717) is 0 Å². The van der Waals surface area contributed by atoms with Crippen LogP contribution >= 0.6 is 24.8 Å². The first-order valence-corrected chi connectivity index (χ1v) is 4.00. The number of aromatic nitrogens is 1. The van der Waals surface area contributed by atoms with Crippen LogP contribution in [0.25, 0.3) is 0 Å². The maximum absolute atomic E-state index is 11.2. The van der Waals surface area contributed by atoms with Crippen LogP contribution in [-0.2, 0) is 10.3 Å². The minimum Gasteiger partial charge on any atom is -0.368 e. The average Bonchev–Trinajstić information content (AvgIpc) is 2.17. The molecule has 0 aromatic carbocycles. The lowest BCUT2D eigenvalue weighted by Crippen LogP contribution is -2.48. The highest BCUT2D eigenvalue weighted by Crippen LogP contribution is 2.18. The lowest BCUT2D eigenvalue weighted by atomic mass is 9.92. The summed E-state index contributed by atoms with van der Waals surface area (Å²) in [5.41, 5.74) is 5.29. The molecule has 1 aromatic rings. The van der Waals surface area contributed by atoms with E-state index < -0.39 is 11.4 Å². The molecule has 1 atom stereocenters. The normalized spacial score (nSPS) is 12.9. The smallest absolute Gasteiger partial charge is 0.242 e. The molecule has 0 aliphatic rings. The van der Waals surface area contributed by atoms with Gasteiger partial charge in [0.25, 0.3) is 0 Å². The highest BCUT2D eigenvalue weighted by atomic mass is 35.5. The zero-order valence-corrected chi connectivity index (χ0v) is 10.2. The van der Waals surface area contributed by atoms with Gasteiger partial charge in [-0.1, -0.05) is 0 Å². The summed E-state index contributed by atoms with van der Waals surface area (Å²) >= 11 is 0. The van der Waals surface area contributed by atoms with Crippen LogP contribution in [0.15, 0.2) is 24.5 Å². The van der Waals surface area contributed by atoms with Gasteiger partial charge in [-0.3, -0.25) is 9.78 Å². The van der Waals surface area contributed by atoms with Crippen molar-refractivity contribution in [3.8, 4) is 0 Å². The Kier molecular flexibility index (Phi) is 7.31. The van der Waals surface area contributed by atoms with E-state index in [1.165, 1.54) is 0 Å². The molecule has 86 valence electrons. The molecule has 0 spiro atoms. The number of carbonyl (C=O) groups excluding carboxylic acids is 1. The predicted octanol–water partition coefficient (Wildman–Crippen LogP) is 0.845. The van der Waals surface area contributed by atoms with E-state index in [4.69, 9.17) is 5.73 Å². The minimum atomic E-state index is -0.817. The summed E-state index contributed by atoms with van der Waals surface area (Å²) in [7, 11) is 1.70. The molecule has 0 aliphatic heterocycles. The van der Waals surface area contributed by atoms with Gasteiger partial charge in [0, 0.05) is 12.4 Å². The van der Waals surface area contributed by atoms with Gasteiger partial charge in [0.15, 0.2) is 0 Å². The van der Waals surface area contributed by atoms with Crippen LogP contribution in [0.5, 0.6) is 0 Å². The summed E-state index contributed by atoms with van der Waals surface area (Å²) in [4.78, 5) is 15.1. The highest BCUT2D eigenvalue weighted by Gasteiger charge is 2.30. The summed E-state index contributed by atoms with van der Waals surface area (Å²) in [5.74, 6) is -0.402. The van der Waals surface area contributed by atoms with Crippen LogP contribution in [0.4, 0.5) is 0 Å². The fourth-order valence-corrected chi connectivity index (χ4v) is 1.10. The Morgan fingerprint density at radius 1 is 1.40 bits per heavy atom. The van der Waals surface area contributed by atoms with Gasteiger partial charge in [-0.25, -0.2) is 0 Å². The summed E-state index contributed by atoms with van der Waals surface area (Å²) in [6.07, 6.45) is 3.27. The van der Waals surface area contributed by atoms with Crippen molar-refractivity contribution in [1.82, 2.24) is 10.3 Å². The first-order valence-electron chi connectivity index (χ1n) is 4.00. The maximum atomic E-state index is 11.2. The van der Waals surface area contributed by atoms with Crippen LogP contribution in [0.2, 0.25) is 0 Å². The van der Waals surface area contributed by atoms with E-state index in [-0.39, 0.29) is 24.8 Å². The first-order chi connectivity index (χ1) is 6.11. The summed E-state index contributed by atoms with van der Waals surface area (Å²) in [6, 6.07) is 3.53. The van der Waals surface area contributed by atoms with Crippen molar-refractivity contribution >= 4 is 30.7 Å². The quantitative estimate of drug-likeness (QED) is 0.837. The molecule has 0 saturated heterocycles. The molecule has 0 radical (unpaired) electrons. The van der Waals surface area contributed by atoms with Crippen molar-refractivity contribution in [3.05, 3.63) is 30.1 Å². The summed E-state index contributed by atoms with van der Waals surface area (Å²) < 4.78 is 0. The van der Waals surface area contributed by atoms with Crippen LogP contribution < -0.4 is 11.1 Å². The van der Waals surface area contributed by atoms with Gasteiger partial charge in [-0.05, 0) is 31.7 Å². The Labute approximate surface area is 101 Å². The number of likely N-dealkylation sites (N-methyl/N-ethyl adjacent to an activating group) is 1. The van der Waals surface area contributed by atoms with Gasteiger partial charge in [-0.2, -0.15) is 0 Å². The van der Waals surface area contributed by atoms with Crippen LogP contribution in [-0.4, -0.2) is 17.9 Å². The zero-order valence-electron chi connectivity index (χ0n) is 8.56. The number of amides is 1. The molecule has 0 bridgehead atoms. The second-order valence-electron chi connectivity index (χ2n) is 2.98. The second-order valence-corrected chi connectivity index (χ2v) is 2.98. The number of halogens is 2. The highest BCUT2D eigenvalue weighted by molar-refractivity contribution is 5.86. The number of nitrogens with two attached hydrogens (primary N) is 1. The van der Waals surface area contributed by atoms with Crippen molar-refractivity contribution < 1.29 is 4.79 Å². The maximum Gasteiger partial charge on any atom is 0.242 e. The standard InChI is InChI=1S/C9H13N3O.2ClH/c1-9(11-2,8(10)13)7-3-5-12-6-4-7;;/h3-6,11H,1-2H3,(H2,10,13);2*1H. The number of pyridine rings is 1. The molecule has 4 nitrogen and oxygen atoms in total. The third-order valence-electron chi connectivity index (χ3n) is 2.25. The second kappa shape index (κ2) is 6.61. The SMILES string of the molecule is CNC(C)(C(N)=O)c1ccncc1.Cl.Cl. The first kappa shape index (κ1) is 16.6. The van der Waals surface area contributed by atoms with E-state index in [2.05, 4.69) is 10.3 Å². The Balaban J connectivity index is 0. The number of hydrogen-bond acceptors (Lipinski definition) is 3. The molecular weight excluding hydrogens is 237 g/mol. The van der Waals surface area contributed by atoms with Gasteiger partial charge in [-0.15, -0.1) is 24.8 Å². The van der Waals surface area contributed by atoms with Crippen molar-refractivity contribution in [3.63, 3.8) is 0 Å². The van der Waals surface area contributed by atoms with E-state index in [0.717, 1.165) is 5.56 Å². The molecule has 6 heteroatoms. The van der Waals surface area contributed by atoms with Gasteiger partial charge in [0.05, 0.1) is 0 Å². The van der Waals surface area contributed by atoms with Crippen molar-refractivity contribution in [2.75, 3.05) is 7.05 Å². The lowest BCUT2D eigenvalue weighted by Gasteiger charge is -2.25. The Bertz CT molecular complexity index is 307. The minimum absolute atomic E-state index is 0. The summed E-state index contributed by atoms with van der Waals surface area (Å²) in [5, 5.41) is 2.89. The van der Waals surface area contributed by atoms with Crippen LogP contribution in [0.3, 0.4) is 0 Å². The molecule has 1 amide bonds. The van der Waals surface area contributed by atoms with Gasteiger partial charge in [0.2, 0.25) is 5.91 Å². The predicted molar refractivity (Wildman–Crippen MR) is 64.3 cm³/mol. The Morgan fingerprint density at radius 2 is 1.87 bits per heavy atom. The van der Waals surface area contributed by atoms with Gasteiger partial charge < -0.3 is 11.1 Å². The zero-order chi connectivity index (χ0) is 9.90. The van der Waals surface area contributed by atoms with E-state index in [1.807, 2.05) is 0 Å². The monoisotopic (exact) mass is 251 g/mol. The lowest BCUT2D eigenvalue weighted by molar-refractivity contribution is -0.123. The van der Waals surface area contributed by atoms with Crippen LogP contribution in [0, 0.1) is 0 Å². The third-order valence-corrected chi connectivity index (χ3v) is 2.25. The third kappa shape index (κ3) is 3.34. The van der Waals surface area contributed by atoms with E-state index in [9.17, 15) is 4.79 Å². The van der Waals surface area contributed by atoms with Crippen molar-refractivity contribution in [2.24, 2.45) is 5.73 Å². The molecule has 1 aromatic heterocycles. The molecule has 15 heavy (non-hydrogen) atoms. The topological polar surface area (TPSA) is 68.0 Å². The summed E-state index contributed by atoms with van der Waals surface area (Å²) in [6.45, 7) is 1.74. The molecule has 1 unspecified atom stereocenters. The van der Waals surface area contributed by atoms with E-state index >= 15 is 0 Å². The number of rotatable bonds is 3. The Hall–Kier alpha value is -0.840. The molecule has 3 N–H and O–H groups in total. The number of hydrogen-bond donors (Lipinski definition) is 2. The Morgan fingerprint density at radius 3 is 2.20 bits per heavy atom. The molecule has 0 aliphatic carbocycles. The molecular formula is C9H15Cl2N3O. The van der Waals surface area contributed by atoms with Crippen LogP contribution in [0.1, 0.15) is 12.5 Å².